The number of nitrogens with zero attached hydrogens (tertiary/aromatic N) is 7. The number of terminal acetylenes is 1. The molecule has 0 radical (unpaired) electrons. The number of benzene rings is 3. The first-order chi connectivity index (χ1) is 42.0. The van der Waals surface area contributed by atoms with Crippen LogP contribution in [0.2, 0.25) is 10.0 Å². The van der Waals surface area contributed by atoms with E-state index in [1.165, 1.54) is 67.9 Å². The monoisotopic (exact) mass is 1390 g/mol. The topological polar surface area (TPSA) is 438 Å². The number of aromatic carboxylic acids is 1. The SMILES string of the molecule is C#CCOc1cc(-n2nc(C(C)(C)C)oc2=O)c(Cl)cc1Cl.COc1nc(C)nc(NC(=O)NS(=O)(=O)c2ccccc2CCC(F)(F)F)n1.CP(=O)(O)CCC(N)C(=O)O.O=C(Nc1nc(OC(F)F)cc(OC(F)F)n1)NS(=O)(=O)c1ccccc1C(=O)O. The van der Waals surface area contributed by atoms with E-state index in [9.17, 15) is 76.1 Å². The summed E-state index contributed by atoms with van der Waals surface area (Å²) in [4.78, 5) is 82.7. The Morgan fingerprint density at radius 1 is 0.824 bits per heavy atom. The molecule has 3 heterocycles. The highest BCUT2D eigenvalue weighted by Crippen LogP contribution is 2.36. The van der Waals surface area contributed by atoms with Gasteiger partial charge in [0.1, 0.15) is 29.1 Å². The number of carboxylic acids is 2. The van der Waals surface area contributed by atoms with Crippen LogP contribution in [0.3, 0.4) is 0 Å². The van der Waals surface area contributed by atoms with Gasteiger partial charge >= 0.3 is 55.2 Å². The number of aliphatic carboxylic acids is 1. The van der Waals surface area contributed by atoms with Gasteiger partial charge in [-0.3, -0.25) is 20.0 Å². The summed E-state index contributed by atoms with van der Waals surface area (Å²) in [7, 11) is -11.0. The first-order valence-corrected chi connectivity index (χ1v) is 30.7. The maximum Gasteiger partial charge on any atom is 0.442 e. The zero-order chi connectivity index (χ0) is 69.0. The summed E-state index contributed by atoms with van der Waals surface area (Å²) in [5.74, 6) is -3.34. The average molecular weight is 1400 g/mol. The molecule has 0 aliphatic carbocycles. The Morgan fingerprint density at radius 3 is 1.84 bits per heavy atom. The van der Waals surface area contributed by atoms with E-state index in [1.54, 1.807) is 10.0 Å². The van der Waals surface area contributed by atoms with E-state index in [1.807, 2.05) is 20.8 Å². The summed E-state index contributed by atoms with van der Waals surface area (Å²) in [6.45, 7) is 1.56. The van der Waals surface area contributed by atoms with Crippen LogP contribution in [0.4, 0.5) is 52.2 Å². The van der Waals surface area contributed by atoms with E-state index in [2.05, 4.69) is 50.7 Å². The van der Waals surface area contributed by atoms with Crippen LogP contribution in [-0.2, 0) is 41.2 Å². The third kappa shape index (κ3) is 26.2. The molecule has 496 valence electrons. The number of nitrogens with two attached hydrogens (primary N) is 1. The molecule has 0 bridgehead atoms. The van der Waals surface area contributed by atoms with Crippen molar-refractivity contribution in [3.63, 3.8) is 0 Å². The van der Waals surface area contributed by atoms with Crippen molar-refractivity contribution in [3.05, 3.63) is 110 Å². The molecule has 0 spiro atoms. The number of carbonyl (C=O) groups excluding carboxylic acids is 2. The van der Waals surface area contributed by atoms with Crippen molar-refractivity contribution in [2.45, 2.75) is 87.6 Å². The van der Waals surface area contributed by atoms with Crippen molar-refractivity contribution < 1.29 is 110 Å². The number of aromatic nitrogens is 7. The first-order valence-electron chi connectivity index (χ1n) is 24.7. The number of carboxylic acid groups (broad SMARTS) is 2. The first kappa shape index (κ1) is 76.3. The van der Waals surface area contributed by atoms with E-state index >= 15 is 0 Å². The lowest BCUT2D eigenvalue weighted by atomic mass is 9.97. The van der Waals surface area contributed by atoms with Crippen LogP contribution < -0.4 is 50.5 Å². The zero-order valence-corrected chi connectivity index (χ0v) is 51.6. The Balaban J connectivity index is 0.000000332. The Morgan fingerprint density at radius 2 is 1.35 bits per heavy atom. The van der Waals surface area contributed by atoms with Gasteiger partial charge in [-0.05, 0) is 49.6 Å². The second kappa shape index (κ2) is 33.2. The smallest absolute Gasteiger partial charge is 0.442 e. The predicted molar refractivity (Wildman–Crippen MR) is 305 cm³/mol. The van der Waals surface area contributed by atoms with Gasteiger partial charge < -0.3 is 44.2 Å². The van der Waals surface area contributed by atoms with Crippen LogP contribution in [0.5, 0.6) is 23.5 Å². The highest BCUT2D eigenvalue weighted by atomic mass is 35.5. The number of anilines is 2. The van der Waals surface area contributed by atoms with Crippen molar-refractivity contribution in [1.29, 1.82) is 0 Å². The predicted octanol–water partition coefficient (Wildman–Crippen LogP) is 7.21. The molecule has 2 unspecified atom stereocenters. The molecule has 0 aliphatic heterocycles. The fourth-order valence-electron chi connectivity index (χ4n) is 6.25. The number of aryl methyl sites for hydroxylation is 2. The van der Waals surface area contributed by atoms with E-state index < -0.39 is 134 Å². The third-order valence-corrected chi connectivity index (χ3v) is 14.7. The van der Waals surface area contributed by atoms with Crippen LogP contribution in [0, 0.1) is 19.3 Å². The number of hydrogen-bond acceptors (Lipinski definition) is 22. The number of nitrogens with one attached hydrogen (secondary N) is 4. The normalized spacial score (nSPS) is 12.3. The van der Waals surface area contributed by atoms with Crippen LogP contribution in [-0.4, -0.2) is 143 Å². The number of methoxy groups -OCH3 is 1. The summed E-state index contributed by atoms with van der Waals surface area (Å²) in [5, 5.41) is 25.8. The Bertz CT molecular complexity index is 3920. The number of ether oxygens (including phenoxy) is 4. The van der Waals surface area contributed by atoms with E-state index in [-0.39, 0.29) is 52.6 Å². The van der Waals surface area contributed by atoms with Crippen molar-refractivity contribution in [3.8, 4) is 41.6 Å². The molecule has 0 saturated carbocycles. The molecule has 0 aliphatic rings. The van der Waals surface area contributed by atoms with Gasteiger partial charge in [0.25, 0.3) is 20.0 Å². The van der Waals surface area contributed by atoms with Crippen molar-refractivity contribution >= 4 is 86.5 Å². The van der Waals surface area contributed by atoms with E-state index in [0.717, 1.165) is 22.9 Å². The lowest BCUT2D eigenvalue weighted by molar-refractivity contribution is -0.138. The standard InChI is InChI=1S/C15H14Cl2N2O3.C15H16F3N5O4S.C14H10F4N4O7S.C5H12NO4P/c1-5-6-21-12-8-11(9(16)7-10(12)17)19-14(20)22-13(18-19)15(2,3)4;1-9-19-12(22-14(20-9)27-2)21-13(24)23-28(25,26)11-6-4-3-5-10(11)7-8-15(16,17)18;15-11(16)28-8-5-9(29-12(17)18)20-13(19-8)21-14(25)22-30(26,27)7-4-2-1-3-6(7)10(23)24;1-11(9,10)3-2-4(6)5(7)8/h1,7-8H,6H2,2-4H3;3-6H,7-8H2,1-2H3,(H2,19,20,21,22,23,24);1-5,11-12H,(H,23,24)(H2,19,20,21,22,25);4H,2-3,6H2,1H3,(H,7,8)(H,9,10). The molecule has 9 N–H and O–H groups in total. The minimum atomic E-state index is -4.71. The summed E-state index contributed by atoms with van der Waals surface area (Å²) < 4.78 is 174. The highest BCUT2D eigenvalue weighted by Gasteiger charge is 2.30. The molecule has 6 rings (SSSR count). The molecule has 0 fully saturated rings. The van der Waals surface area contributed by atoms with Crippen LogP contribution in [0.25, 0.3) is 5.69 Å². The van der Waals surface area contributed by atoms with Gasteiger partial charge in [-0.1, -0.05) is 80.2 Å². The van der Waals surface area contributed by atoms with Crippen LogP contribution in [0.15, 0.2) is 85.7 Å². The largest absolute Gasteiger partial charge is 0.480 e. The number of rotatable bonds is 21. The fraction of sp³-hybridized carbons (Fsp3) is 0.327. The molecule has 3 aromatic carbocycles. The molecule has 2 atom stereocenters. The van der Waals surface area contributed by atoms with Gasteiger partial charge in [-0.25, -0.2) is 45.5 Å². The lowest BCUT2D eigenvalue weighted by Gasteiger charge is -2.13. The quantitative estimate of drug-likeness (QED) is 0.0200. The molecule has 91 heavy (non-hydrogen) atoms. The van der Waals surface area contributed by atoms with E-state index in [4.69, 9.17) is 64.4 Å². The summed E-state index contributed by atoms with van der Waals surface area (Å²) in [6, 6.07) is 8.96. The molecular weight excluding hydrogens is 1340 g/mol. The number of halogens is 9. The number of alkyl halides is 7. The molecule has 42 heteroatoms. The number of carbonyl (C=O) groups is 4. The van der Waals surface area contributed by atoms with Gasteiger partial charge in [0, 0.05) is 30.7 Å². The number of amides is 4. The number of sulfonamides is 2. The maximum atomic E-state index is 12.5. The van der Waals surface area contributed by atoms with Crippen LogP contribution in [0.1, 0.15) is 61.2 Å². The van der Waals surface area contributed by atoms with Gasteiger partial charge in [-0.15, -0.1) is 11.5 Å². The molecule has 0 saturated heterocycles. The number of urea groups is 2. The fourth-order valence-corrected chi connectivity index (χ4v) is 9.81. The zero-order valence-electron chi connectivity index (χ0n) is 47.5. The minimum absolute atomic E-state index is 0.0412. The van der Waals surface area contributed by atoms with Crippen LogP contribution >= 0.6 is 30.6 Å². The molecule has 3 aromatic heterocycles. The summed E-state index contributed by atoms with van der Waals surface area (Å²) >= 11 is 12.2. The average Bonchev–Trinajstić information content (AvgIpc) is 1.81. The van der Waals surface area contributed by atoms with Gasteiger partial charge in [-0.2, -0.15) is 60.3 Å². The van der Waals surface area contributed by atoms with Crippen molar-refractivity contribution in [2.24, 2.45) is 5.73 Å². The summed E-state index contributed by atoms with van der Waals surface area (Å²) in [6.07, 6.45) is -1.04. The third-order valence-electron chi connectivity index (χ3n) is 10.2. The second-order valence-corrected chi connectivity index (χ2v) is 25.2. The Labute approximate surface area is 520 Å². The maximum absolute atomic E-state index is 12.5. The second-order valence-electron chi connectivity index (χ2n) is 18.5. The van der Waals surface area contributed by atoms with E-state index in [0.29, 0.717) is 23.4 Å². The van der Waals surface area contributed by atoms with Gasteiger partial charge in [0.05, 0.1) is 39.4 Å². The Hall–Kier alpha value is -8.93. The Kier molecular flexibility index (Phi) is 27.9. The summed E-state index contributed by atoms with van der Waals surface area (Å²) in [5.41, 5.74) is 4.27. The molecule has 6 aromatic rings. The van der Waals surface area contributed by atoms with Gasteiger partial charge in [0.2, 0.25) is 29.5 Å². The minimum Gasteiger partial charge on any atom is -0.480 e. The van der Waals surface area contributed by atoms with Gasteiger partial charge in [0.15, 0.2) is 7.37 Å². The molecule has 30 nitrogen and oxygen atoms in total. The lowest BCUT2D eigenvalue weighted by Crippen LogP contribution is -2.35. The highest BCUT2D eigenvalue weighted by molar-refractivity contribution is 7.90. The molecule has 4 amide bonds. The van der Waals surface area contributed by atoms with Crippen molar-refractivity contribution in [2.75, 3.05) is 37.2 Å². The molecular formula is C49H52Cl2F7N12O18PS2. The number of hydrogen-bond donors (Lipinski definition) is 8. The van der Waals surface area contributed by atoms with Crippen molar-refractivity contribution in [1.82, 2.24) is 44.1 Å².